The lowest BCUT2D eigenvalue weighted by atomic mass is 10.0. The fourth-order valence-electron chi connectivity index (χ4n) is 1.65. The molecule has 20 heavy (non-hydrogen) atoms. The van der Waals surface area contributed by atoms with Gasteiger partial charge in [-0.15, -0.1) is 0 Å². The summed E-state index contributed by atoms with van der Waals surface area (Å²) in [6.07, 6.45) is -4.75. The number of hydrogen-bond donors (Lipinski definition) is 0. The third kappa shape index (κ3) is 3.01. The summed E-state index contributed by atoms with van der Waals surface area (Å²) in [6, 6.07) is 5.82. The Bertz CT molecular complexity index is 644. The zero-order valence-electron chi connectivity index (χ0n) is 9.84. The zero-order chi connectivity index (χ0) is 14.9. The molecule has 2 aromatic carbocycles. The number of carbonyl (C=O) groups is 1. The minimum atomic E-state index is -4.75. The van der Waals surface area contributed by atoms with Gasteiger partial charge in [-0.1, -0.05) is 0 Å². The van der Waals surface area contributed by atoms with E-state index < -0.39 is 34.7 Å². The second kappa shape index (κ2) is 5.03. The van der Waals surface area contributed by atoms with Crippen LogP contribution in [-0.4, -0.2) is 5.78 Å². The second-order valence-corrected chi connectivity index (χ2v) is 4.06. The Morgan fingerprint density at radius 3 is 1.95 bits per heavy atom. The first-order chi connectivity index (χ1) is 9.27. The molecule has 0 aliphatic rings. The van der Waals surface area contributed by atoms with Crippen molar-refractivity contribution in [3.05, 3.63) is 70.8 Å². The Kier molecular flexibility index (Phi) is 3.57. The molecule has 0 aliphatic heterocycles. The Hall–Kier alpha value is -2.24. The maximum Gasteiger partial charge on any atom is 0.416 e. The van der Waals surface area contributed by atoms with Gasteiger partial charge < -0.3 is 0 Å². The molecule has 0 fully saturated rings. The third-order valence-corrected chi connectivity index (χ3v) is 2.59. The van der Waals surface area contributed by atoms with Crippen LogP contribution in [0.3, 0.4) is 0 Å². The molecule has 0 aromatic heterocycles. The number of benzene rings is 2. The highest BCUT2D eigenvalue weighted by Crippen LogP contribution is 2.30. The van der Waals surface area contributed by atoms with Gasteiger partial charge >= 0.3 is 6.18 Å². The topological polar surface area (TPSA) is 17.1 Å². The molecule has 0 bridgehead atoms. The highest BCUT2D eigenvalue weighted by Gasteiger charge is 2.32. The van der Waals surface area contributed by atoms with Crippen molar-refractivity contribution in [2.24, 2.45) is 0 Å². The fraction of sp³-hybridized carbons (Fsp3) is 0.0714. The molecule has 0 amide bonds. The van der Waals surface area contributed by atoms with Crippen LogP contribution in [0.4, 0.5) is 22.0 Å². The molecule has 0 heterocycles. The van der Waals surface area contributed by atoms with Gasteiger partial charge in [0.05, 0.1) is 5.56 Å². The predicted octanol–water partition coefficient (Wildman–Crippen LogP) is 4.21. The van der Waals surface area contributed by atoms with Gasteiger partial charge in [0.15, 0.2) is 5.78 Å². The van der Waals surface area contributed by atoms with Crippen LogP contribution in [0.5, 0.6) is 0 Å². The average molecular weight is 286 g/mol. The van der Waals surface area contributed by atoms with Gasteiger partial charge in [-0.2, -0.15) is 13.2 Å². The molecular formula is C14H7F5O. The summed E-state index contributed by atoms with van der Waals surface area (Å²) < 4.78 is 63.5. The summed E-state index contributed by atoms with van der Waals surface area (Å²) >= 11 is 0. The standard InChI is InChI=1S/C14H7F5O/c15-11-3-1-8(2-4-11)13(20)9-5-10(14(17,18)19)7-12(16)6-9/h1-7H. The number of carbonyl (C=O) groups excluding carboxylic acids is 1. The van der Waals surface area contributed by atoms with E-state index in [2.05, 4.69) is 0 Å². The minimum absolute atomic E-state index is 0.0230. The van der Waals surface area contributed by atoms with E-state index in [-0.39, 0.29) is 5.56 Å². The third-order valence-electron chi connectivity index (χ3n) is 2.59. The Morgan fingerprint density at radius 2 is 1.40 bits per heavy atom. The summed E-state index contributed by atoms with van der Waals surface area (Å²) in [4.78, 5) is 11.9. The SMILES string of the molecule is O=C(c1ccc(F)cc1)c1cc(F)cc(C(F)(F)F)c1. The molecular weight excluding hydrogens is 279 g/mol. The van der Waals surface area contributed by atoms with Gasteiger partial charge in [0.2, 0.25) is 0 Å². The number of halogens is 5. The van der Waals surface area contributed by atoms with E-state index in [1.165, 1.54) is 0 Å². The van der Waals surface area contributed by atoms with E-state index in [0.717, 1.165) is 24.3 Å². The van der Waals surface area contributed by atoms with Gasteiger partial charge in [-0.25, -0.2) is 8.78 Å². The van der Waals surface area contributed by atoms with Crippen LogP contribution in [0.1, 0.15) is 21.5 Å². The lowest BCUT2D eigenvalue weighted by molar-refractivity contribution is -0.137. The fourth-order valence-corrected chi connectivity index (χ4v) is 1.65. The highest BCUT2D eigenvalue weighted by molar-refractivity contribution is 6.09. The molecule has 0 N–H and O–H groups in total. The average Bonchev–Trinajstić information content (AvgIpc) is 2.37. The lowest BCUT2D eigenvalue weighted by Crippen LogP contribution is -2.09. The predicted molar refractivity (Wildman–Crippen MR) is 61.2 cm³/mol. The molecule has 0 saturated carbocycles. The number of ketones is 1. The first kappa shape index (κ1) is 14.2. The maximum absolute atomic E-state index is 13.2. The van der Waals surface area contributed by atoms with Gasteiger partial charge in [-0.05, 0) is 42.5 Å². The van der Waals surface area contributed by atoms with Crippen LogP contribution < -0.4 is 0 Å². The highest BCUT2D eigenvalue weighted by atomic mass is 19.4. The smallest absolute Gasteiger partial charge is 0.289 e. The van der Waals surface area contributed by atoms with Crippen molar-refractivity contribution < 1.29 is 26.7 Å². The quantitative estimate of drug-likeness (QED) is 0.597. The Balaban J connectivity index is 2.45. The second-order valence-electron chi connectivity index (χ2n) is 4.06. The molecule has 0 unspecified atom stereocenters. The van der Waals surface area contributed by atoms with E-state index in [4.69, 9.17) is 0 Å². The van der Waals surface area contributed by atoms with Gasteiger partial charge in [0.25, 0.3) is 0 Å². The minimum Gasteiger partial charge on any atom is -0.289 e. The number of hydrogen-bond acceptors (Lipinski definition) is 1. The summed E-state index contributed by atoms with van der Waals surface area (Å²) in [7, 11) is 0. The van der Waals surface area contributed by atoms with Crippen LogP contribution in [-0.2, 0) is 6.18 Å². The van der Waals surface area contributed by atoms with Crippen LogP contribution in [0, 0.1) is 11.6 Å². The molecule has 6 heteroatoms. The lowest BCUT2D eigenvalue weighted by Gasteiger charge is -2.09. The van der Waals surface area contributed by atoms with Crippen LogP contribution >= 0.6 is 0 Å². The summed E-state index contributed by atoms with van der Waals surface area (Å²) in [5.74, 6) is -2.56. The molecule has 104 valence electrons. The maximum atomic E-state index is 13.2. The van der Waals surface area contributed by atoms with Crippen molar-refractivity contribution in [3.63, 3.8) is 0 Å². The van der Waals surface area contributed by atoms with E-state index in [1.807, 2.05) is 0 Å². The van der Waals surface area contributed by atoms with Crippen LogP contribution in [0.2, 0.25) is 0 Å². The van der Waals surface area contributed by atoms with E-state index in [1.54, 1.807) is 0 Å². The number of rotatable bonds is 2. The molecule has 2 aromatic rings. The molecule has 0 aliphatic carbocycles. The van der Waals surface area contributed by atoms with E-state index in [9.17, 15) is 26.7 Å². The first-order valence-electron chi connectivity index (χ1n) is 5.45. The molecule has 1 nitrogen and oxygen atoms in total. The van der Waals surface area contributed by atoms with Crippen molar-refractivity contribution in [2.75, 3.05) is 0 Å². The van der Waals surface area contributed by atoms with E-state index in [0.29, 0.717) is 18.2 Å². The van der Waals surface area contributed by atoms with Crippen LogP contribution in [0.15, 0.2) is 42.5 Å². The van der Waals surface area contributed by atoms with Gasteiger partial charge in [-0.3, -0.25) is 4.79 Å². The van der Waals surface area contributed by atoms with Crippen molar-refractivity contribution in [3.8, 4) is 0 Å². The van der Waals surface area contributed by atoms with Crippen molar-refractivity contribution >= 4 is 5.78 Å². The zero-order valence-corrected chi connectivity index (χ0v) is 9.84. The molecule has 0 radical (unpaired) electrons. The van der Waals surface area contributed by atoms with E-state index >= 15 is 0 Å². The summed E-state index contributed by atoms with van der Waals surface area (Å²) in [5.41, 5.74) is -1.71. The van der Waals surface area contributed by atoms with Crippen molar-refractivity contribution in [1.82, 2.24) is 0 Å². The van der Waals surface area contributed by atoms with Gasteiger partial charge in [0.1, 0.15) is 11.6 Å². The van der Waals surface area contributed by atoms with Gasteiger partial charge in [0, 0.05) is 11.1 Å². The number of alkyl halides is 3. The monoisotopic (exact) mass is 286 g/mol. The molecule has 0 saturated heterocycles. The summed E-state index contributed by atoms with van der Waals surface area (Å²) in [5, 5.41) is 0. The van der Waals surface area contributed by atoms with Crippen molar-refractivity contribution in [1.29, 1.82) is 0 Å². The normalized spacial score (nSPS) is 11.4. The largest absolute Gasteiger partial charge is 0.416 e. The Labute approximate surface area is 110 Å². The molecule has 2 rings (SSSR count). The summed E-state index contributed by atoms with van der Waals surface area (Å²) in [6.45, 7) is 0. The Morgan fingerprint density at radius 1 is 0.800 bits per heavy atom. The molecule has 0 spiro atoms. The molecule has 0 atom stereocenters. The first-order valence-corrected chi connectivity index (χ1v) is 5.45. The van der Waals surface area contributed by atoms with Crippen LogP contribution in [0.25, 0.3) is 0 Å². The van der Waals surface area contributed by atoms with Crippen molar-refractivity contribution in [2.45, 2.75) is 6.18 Å².